The first-order valence-electron chi connectivity index (χ1n) is 8.83. The van der Waals surface area contributed by atoms with Crippen molar-refractivity contribution >= 4 is 11.8 Å². The van der Waals surface area contributed by atoms with Gasteiger partial charge >= 0.3 is 0 Å². The number of rotatable bonds is 5. The van der Waals surface area contributed by atoms with Crippen LogP contribution in [0.2, 0.25) is 0 Å². The van der Waals surface area contributed by atoms with Gasteiger partial charge in [0, 0.05) is 25.3 Å². The van der Waals surface area contributed by atoms with E-state index in [9.17, 15) is 9.59 Å². The number of aromatic nitrogens is 2. The summed E-state index contributed by atoms with van der Waals surface area (Å²) in [5.41, 5.74) is 1.54. The van der Waals surface area contributed by atoms with E-state index in [-0.39, 0.29) is 23.8 Å². The summed E-state index contributed by atoms with van der Waals surface area (Å²) in [5.74, 6) is -0.0395. The molecule has 0 bridgehead atoms. The Morgan fingerprint density at radius 2 is 1.96 bits per heavy atom. The van der Waals surface area contributed by atoms with Crippen LogP contribution in [0.5, 0.6) is 0 Å². The van der Waals surface area contributed by atoms with Crippen LogP contribution >= 0.6 is 0 Å². The first-order chi connectivity index (χ1) is 12.2. The van der Waals surface area contributed by atoms with Crippen LogP contribution in [0, 0.1) is 0 Å². The molecule has 1 aliphatic rings. The second kappa shape index (κ2) is 7.96. The fraction of sp³-hybridized carbons (Fsp3) is 0.421. The topological polar surface area (TPSA) is 78.1 Å². The van der Waals surface area contributed by atoms with Crippen LogP contribution in [-0.4, -0.2) is 46.0 Å². The summed E-state index contributed by atoms with van der Waals surface area (Å²) in [6.07, 6.45) is 3.90. The predicted molar refractivity (Wildman–Crippen MR) is 95.1 cm³/mol. The molecule has 2 N–H and O–H groups in total. The van der Waals surface area contributed by atoms with Gasteiger partial charge in [-0.1, -0.05) is 37.3 Å². The van der Waals surface area contributed by atoms with Gasteiger partial charge in [0.1, 0.15) is 5.69 Å². The molecule has 1 aromatic carbocycles. The lowest BCUT2D eigenvalue weighted by Crippen LogP contribution is -2.47. The second-order valence-electron chi connectivity index (χ2n) is 6.41. The summed E-state index contributed by atoms with van der Waals surface area (Å²) in [7, 11) is 0. The molecule has 0 saturated carbocycles. The molecule has 1 saturated heterocycles. The minimum absolute atomic E-state index is 0.0858. The molecule has 0 spiro atoms. The monoisotopic (exact) mass is 340 g/mol. The van der Waals surface area contributed by atoms with E-state index in [1.165, 1.54) is 0 Å². The molecular formula is C19H24N4O2. The molecule has 6 heteroatoms. The van der Waals surface area contributed by atoms with Crippen LogP contribution in [-0.2, 0) is 4.79 Å². The molecule has 2 aromatic rings. The first kappa shape index (κ1) is 17.2. The van der Waals surface area contributed by atoms with E-state index in [1.54, 1.807) is 12.3 Å². The van der Waals surface area contributed by atoms with Gasteiger partial charge in [-0.3, -0.25) is 14.7 Å². The minimum atomic E-state index is -0.141. The Bertz CT molecular complexity index is 691. The molecular weight excluding hydrogens is 316 g/mol. The summed E-state index contributed by atoms with van der Waals surface area (Å²) in [4.78, 5) is 26.9. The summed E-state index contributed by atoms with van der Waals surface area (Å²) < 4.78 is 0. The standard InChI is InChI=1S/C19H24N4O2/c1-2-16(14-6-4-3-5-7-14)19(25)23-12-9-15(10-13-23)21-18(24)17-8-11-20-22-17/h3-8,11,15-16H,2,9-10,12-13H2,1H3,(H,20,22)(H,21,24). The number of hydrogen-bond donors (Lipinski definition) is 2. The lowest BCUT2D eigenvalue weighted by Gasteiger charge is -2.34. The highest BCUT2D eigenvalue weighted by molar-refractivity contribution is 5.92. The maximum absolute atomic E-state index is 12.9. The fourth-order valence-corrected chi connectivity index (χ4v) is 3.35. The van der Waals surface area contributed by atoms with E-state index >= 15 is 0 Å². The Morgan fingerprint density at radius 1 is 1.24 bits per heavy atom. The van der Waals surface area contributed by atoms with Gasteiger partial charge in [-0.25, -0.2) is 0 Å². The summed E-state index contributed by atoms with van der Waals surface area (Å²) in [6, 6.07) is 11.7. The Morgan fingerprint density at radius 3 is 2.56 bits per heavy atom. The fourth-order valence-electron chi connectivity index (χ4n) is 3.35. The molecule has 1 aromatic heterocycles. The van der Waals surface area contributed by atoms with Gasteiger partial charge < -0.3 is 10.2 Å². The van der Waals surface area contributed by atoms with Crippen molar-refractivity contribution in [1.29, 1.82) is 0 Å². The van der Waals surface area contributed by atoms with E-state index in [2.05, 4.69) is 15.5 Å². The highest BCUT2D eigenvalue weighted by atomic mass is 16.2. The normalized spacial score (nSPS) is 16.4. The van der Waals surface area contributed by atoms with Crippen molar-refractivity contribution in [3.8, 4) is 0 Å². The Balaban J connectivity index is 1.54. The molecule has 2 amide bonds. The first-order valence-corrected chi connectivity index (χ1v) is 8.83. The smallest absolute Gasteiger partial charge is 0.269 e. The molecule has 25 heavy (non-hydrogen) atoms. The zero-order chi connectivity index (χ0) is 17.6. The number of carbonyl (C=O) groups excluding carboxylic acids is 2. The van der Waals surface area contributed by atoms with Crippen LogP contribution in [0.25, 0.3) is 0 Å². The number of H-pyrrole nitrogens is 1. The molecule has 2 heterocycles. The number of aromatic amines is 1. The molecule has 0 radical (unpaired) electrons. The highest BCUT2D eigenvalue weighted by Gasteiger charge is 2.28. The molecule has 1 aliphatic heterocycles. The number of nitrogens with zero attached hydrogens (tertiary/aromatic N) is 2. The summed E-state index contributed by atoms with van der Waals surface area (Å²) in [5, 5.41) is 9.47. The van der Waals surface area contributed by atoms with E-state index in [1.807, 2.05) is 42.2 Å². The summed E-state index contributed by atoms with van der Waals surface area (Å²) >= 11 is 0. The van der Waals surface area contributed by atoms with Gasteiger partial charge in [0.05, 0.1) is 5.92 Å². The third-order valence-electron chi connectivity index (χ3n) is 4.80. The number of carbonyl (C=O) groups is 2. The van der Waals surface area contributed by atoms with Crippen LogP contribution < -0.4 is 5.32 Å². The van der Waals surface area contributed by atoms with Gasteiger partial charge in [0.2, 0.25) is 5.91 Å². The van der Waals surface area contributed by atoms with Crippen molar-refractivity contribution in [2.24, 2.45) is 0 Å². The van der Waals surface area contributed by atoms with Crippen LogP contribution in [0.4, 0.5) is 0 Å². The van der Waals surface area contributed by atoms with E-state index in [0.717, 1.165) is 24.8 Å². The Hall–Kier alpha value is -2.63. The van der Waals surface area contributed by atoms with Crippen molar-refractivity contribution in [1.82, 2.24) is 20.4 Å². The third kappa shape index (κ3) is 4.07. The van der Waals surface area contributed by atoms with Crippen molar-refractivity contribution in [3.63, 3.8) is 0 Å². The molecule has 1 fully saturated rings. The number of likely N-dealkylation sites (tertiary alicyclic amines) is 1. The summed E-state index contributed by atoms with van der Waals surface area (Å²) in [6.45, 7) is 3.40. The number of piperidine rings is 1. The van der Waals surface area contributed by atoms with Crippen LogP contribution in [0.1, 0.15) is 48.2 Å². The molecule has 3 rings (SSSR count). The van der Waals surface area contributed by atoms with Crippen molar-refractivity contribution in [2.45, 2.75) is 38.1 Å². The zero-order valence-electron chi connectivity index (χ0n) is 14.4. The maximum atomic E-state index is 12.9. The highest BCUT2D eigenvalue weighted by Crippen LogP contribution is 2.24. The lowest BCUT2D eigenvalue weighted by atomic mass is 9.93. The van der Waals surface area contributed by atoms with Crippen molar-refractivity contribution < 1.29 is 9.59 Å². The largest absolute Gasteiger partial charge is 0.348 e. The molecule has 6 nitrogen and oxygen atoms in total. The van der Waals surface area contributed by atoms with Gasteiger partial charge in [0.25, 0.3) is 5.91 Å². The van der Waals surface area contributed by atoms with E-state index in [4.69, 9.17) is 0 Å². The number of hydrogen-bond acceptors (Lipinski definition) is 3. The molecule has 1 unspecified atom stereocenters. The quantitative estimate of drug-likeness (QED) is 0.877. The molecule has 0 aliphatic carbocycles. The van der Waals surface area contributed by atoms with Gasteiger partial charge in [0.15, 0.2) is 0 Å². The van der Waals surface area contributed by atoms with Crippen LogP contribution in [0.15, 0.2) is 42.6 Å². The Labute approximate surface area is 147 Å². The van der Waals surface area contributed by atoms with Gasteiger partial charge in [-0.2, -0.15) is 5.10 Å². The average molecular weight is 340 g/mol. The second-order valence-corrected chi connectivity index (χ2v) is 6.41. The zero-order valence-corrected chi connectivity index (χ0v) is 14.4. The minimum Gasteiger partial charge on any atom is -0.348 e. The molecule has 1 atom stereocenters. The van der Waals surface area contributed by atoms with Crippen molar-refractivity contribution in [2.75, 3.05) is 13.1 Å². The van der Waals surface area contributed by atoms with E-state index < -0.39 is 0 Å². The van der Waals surface area contributed by atoms with E-state index in [0.29, 0.717) is 18.8 Å². The van der Waals surface area contributed by atoms with Gasteiger partial charge in [-0.05, 0) is 30.9 Å². The molecule has 132 valence electrons. The average Bonchev–Trinajstić information content (AvgIpc) is 3.19. The Kier molecular flexibility index (Phi) is 5.48. The third-order valence-corrected chi connectivity index (χ3v) is 4.80. The number of benzene rings is 1. The number of amides is 2. The maximum Gasteiger partial charge on any atom is 0.269 e. The van der Waals surface area contributed by atoms with Gasteiger partial charge in [-0.15, -0.1) is 0 Å². The van der Waals surface area contributed by atoms with Crippen LogP contribution in [0.3, 0.4) is 0 Å². The lowest BCUT2D eigenvalue weighted by molar-refractivity contribution is -0.134. The predicted octanol–water partition coefficient (Wildman–Crippen LogP) is 2.32. The SMILES string of the molecule is CCC(C(=O)N1CCC(NC(=O)c2ccn[nH]2)CC1)c1ccccc1. The van der Waals surface area contributed by atoms with Crippen molar-refractivity contribution in [3.05, 3.63) is 53.9 Å². The number of nitrogens with one attached hydrogen (secondary N) is 2.